The lowest BCUT2D eigenvalue weighted by molar-refractivity contribution is 0.0726. The minimum atomic E-state index is -0.578. The highest BCUT2D eigenvalue weighted by atomic mass is 16.5. The van der Waals surface area contributed by atoms with Crippen molar-refractivity contribution in [3.05, 3.63) is 36.0 Å². The standard InChI is InChI=1S/C15H20N2O3/c1-15(6-8-18,10-20-2)17-14(19)12-4-3-11-5-7-16-13(11)9-12/h3-5,7,9,16,18H,6,8,10H2,1-2H3,(H,17,19)/t15-/m1/s1. The van der Waals surface area contributed by atoms with E-state index in [1.807, 2.05) is 31.3 Å². The normalized spacial score (nSPS) is 14.2. The fraction of sp³-hybridized carbons (Fsp3) is 0.400. The van der Waals surface area contributed by atoms with Crippen LogP contribution >= 0.6 is 0 Å². The number of aromatic nitrogens is 1. The highest BCUT2D eigenvalue weighted by Gasteiger charge is 2.26. The van der Waals surface area contributed by atoms with Gasteiger partial charge in [-0.05, 0) is 36.9 Å². The molecule has 5 nitrogen and oxygen atoms in total. The monoisotopic (exact) mass is 276 g/mol. The van der Waals surface area contributed by atoms with Gasteiger partial charge in [0.25, 0.3) is 5.91 Å². The van der Waals surface area contributed by atoms with Crippen LogP contribution in [0.4, 0.5) is 0 Å². The number of carbonyl (C=O) groups is 1. The summed E-state index contributed by atoms with van der Waals surface area (Å²) in [6.45, 7) is 2.21. The number of hydrogen-bond acceptors (Lipinski definition) is 3. The van der Waals surface area contributed by atoms with Gasteiger partial charge in [-0.3, -0.25) is 4.79 Å². The number of rotatable bonds is 6. The van der Waals surface area contributed by atoms with Crippen molar-refractivity contribution in [3.63, 3.8) is 0 Å². The van der Waals surface area contributed by atoms with Crippen LogP contribution in [0.2, 0.25) is 0 Å². The van der Waals surface area contributed by atoms with Crippen molar-refractivity contribution in [2.45, 2.75) is 18.9 Å². The number of aliphatic hydroxyl groups is 1. The van der Waals surface area contributed by atoms with Gasteiger partial charge < -0.3 is 20.1 Å². The SMILES string of the molecule is COC[C@@](C)(CCO)NC(=O)c1ccc2cc[nH]c2c1. The molecular formula is C15H20N2O3. The van der Waals surface area contributed by atoms with Crippen LogP contribution in [0.15, 0.2) is 30.5 Å². The second-order valence-corrected chi connectivity index (χ2v) is 5.20. The van der Waals surface area contributed by atoms with Crippen molar-refractivity contribution in [2.24, 2.45) is 0 Å². The number of hydrogen-bond donors (Lipinski definition) is 3. The van der Waals surface area contributed by atoms with Crippen LogP contribution in [0.25, 0.3) is 10.9 Å². The molecule has 0 unspecified atom stereocenters. The van der Waals surface area contributed by atoms with E-state index in [1.165, 1.54) is 0 Å². The fourth-order valence-electron chi connectivity index (χ4n) is 2.27. The Labute approximate surface area is 117 Å². The summed E-state index contributed by atoms with van der Waals surface area (Å²) < 4.78 is 5.12. The van der Waals surface area contributed by atoms with Gasteiger partial charge in [0, 0.05) is 31.0 Å². The van der Waals surface area contributed by atoms with Crippen molar-refractivity contribution in [2.75, 3.05) is 20.3 Å². The largest absolute Gasteiger partial charge is 0.396 e. The van der Waals surface area contributed by atoms with Gasteiger partial charge >= 0.3 is 0 Å². The molecule has 108 valence electrons. The number of aromatic amines is 1. The number of ether oxygens (including phenoxy) is 1. The third-order valence-electron chi connectivity index (χ3n) is 3.36. The van der Waals surface area contributed by atoms with Crippen LogP contribution in [0.3, 0.4) is 0 Å². The van der Waals surface area contributed by atoms with Crippen molar-refractivity contribution >= 4 is 16.8 Å². The Morgan fingerprint density at radius 2 is 2.25 bits per heavy atom. The Morgan fingerprint density at radius 3 is 2.95 bits per heavy atom. The molecular weight excluding hydrogens is 256 g/mol. The number of H-pyrrole nitrogens is 1. The molecule has 1 aromatic carbocycles. The second-order valence-electron chi connectivity index (χ2n) is 5.20. The van der Waals surface area contributed by atoms with Crippen molar-refractivity contribution in [1.29, 1.82) is 0 Å². The summed E-state index contributed by atoms with van der Waals surface area (Å²) in [6, 6.07) is 7.47. The number of amides is 1. The van der Waals surface area contributed by atoms with Gasteiger partial charge in [0.15, 0.2) is 0 Å². The molecule has 0 radical (unpaired) electrons. The van der Waals surface area contributed by atoms with Gasteiger partial charge in [-0.25, -0.2) is 0 Å². The molecule has 1 amide bonds. The van der Waals surface area contributed by atoms with E-state index >= 15 is 0 Å². The Bertz CT molecular complexity index is 586. The maximum atomic E-state index is 12.3. The summed E-state index contributed by atoms with van der Waals surface area (Å²) in [5, 5.41) is 13.1. The zero-order valence-corrected chi connectivity index (χ0v) is 11.8. The smallest absolute Gasteiger partial charge is 0.251 e. The van der Waals surface area contributed by atoms with Crippen LogP contribution in [-0.4, -0.2) is 41.9 Å². The van der Waals surface area contributed by atoms with Crippen LogP contribution in [0.1, 0.15) is 23.7 Å². The first kappa shape index (κ1) is 14.6. The highest BCUT2D eigenvalue weighted by molar-refractivity contribution is 5.98. The molecule has 1 aromatic heterocycles. The predicted molar refractivity (Wildman–Crippen MR) is 77.7 cm³/mol. The third kappa shape index (κ3) is 3.18. The van der Waals surface area contributed by atoms with Crippen molar-refractivity contribution in [1.82, 2.24) is 10.3 Å². The van der Waals surface area contributed by atoms with Gasteiger partial charge in [-0.2, -0.15) is 0 Å². The second kappa shape index (κ2) is 6.07. The van der Waals surface area contributed by atoms with Crippen LogP contribution < -0.4 is 5.32 Å². The Hall–Kier alpha value is -1.85. The maximum Gasteiger partial charge on any atom is 0.251 e. The van der Waals surface area contributed by atoms with E-state index in [-0.39, 0.29) is 12.5 Å². The molecule has 0 aliphatic rings. The number of fused-ring (bicyclic) bond motifs is 1. The number of nitrogens with one attached hydrogen (secondary N) is 2. The first-order valence-corrected chi connectivity index (χ1v) is 6.57. The number of aliphatic hydroxyl groups excluding tert-OH is 1. The van der Waals surface area contributed by atoms with Crippen LogP contribution in [-0.2, 0) is 4.74 Å². The zero-order chi connectivity index (χ0) is 14.6. The van der Waals surface area contributed by atoms with Gasteiger partial charge in [0.1, 0.15) is 0 Å². The average molecular weight is 276 g/mol. The summed E-state index contributed by atoms with van der Waals surface area (Å²) in [4.78, 5) is 15.4. The topological polar surface area (TPSA) is 74.3 Å². The zero-order valence-electron chi connectivity index (χ0n) is 11.8. The van der Waals surface area contributed by atoms with Crippen LogP contribution in [0.5, 0.6) is 0 Å². The molecule has 0 saturated carbocycles. The molecule has 0 aliphatic carbocycles. The summed E-state index contributed by atoms with van der Waals surface area (Å²) in [5.41, 5.74) is 0.930. The minimum Gasteiger partial charge on any atom is -0.396 e. The third-order valence-corrected chi connectivity index (χ3v) is 3.36. The van der Waals surface area contributed by atoms with E-state index in [2.05, 4.69) is 10.3 Å². The molecule has 0 bridgehead atoms. The lowest BCUT2D eigenvalue weighted by Crippen LogP contribution is -2.50. The molecule has 0 saturated heterocycles. The van der Waals surface area contributed by atoms with E-state index in [4.69, 9.17) is 9.84 Å². The van der Waals surface area contributed by atoms with Crippen molar-refractivity contribution < 1.29 is 14.6 Å². The Morgan fingerprint density at radius 1 is 1.45 bits per heavy atom. The summed E-state index contributed by atoms with van der Waals surface area (Å²) in [6.07, 6.45) is 2.28. The average Bonchev–Trinajstić information content (AvgIpc) is 2.85. The maximum absolute atomic E-state index is 12.3. The summed E-state index contributed by atoms with van der Waals surface area (Å²) in [5.74, 6) is -0.172. The first-order valence-electron chi connectivity index (χ1n) is 6.57. The Balaban J connectivity index is 2.17. The summed E-state index contributed by atoms with van der Waals surface area (Å²) >= 11 is 0. The molecule has 1 atom stereocenters. The molecule has 1 heterocycles. The molecule has 3 N–H and O–H groups in total. The number of methoxy groups -OCH3 is 1. The lowest BCUT2D eigenvalue weighted by atomic mass is 9.98. The Kier molecular flexibility index (Phi) is 4.42. The van der Waals surface area contributed by atoms with Crippen molar-refractivity contribution in [3.8, 4) is 0 Å². The molecule has 2 aromatic rings. The number of carbonyl (C=O) groups excluding carboxylic acids is 1. The minimum absolute atomic E-state index is 0.00416. The molecule has 0 fully saturated rings. The van der Waals surface area contributed by atoms with E-state index in [9.17, 15) is 4.79 Å². The fourth-order valence-corrected chi connectivity index (χ4v) is 2.27. The quantitative estimate of drug-likeness (QED) is 0.751. The number of benzene rings is 1. The van der Waals surface area contributed by atoms with E-state index < -0.39 is 5.54 Å². The first-order chi connectivity index (χ1) is 9.58. The highest BCUT2D eigenvalue weighted by Crippen LogP contribution is 2.16. The van der Waals surface area contributed by atoms with Gasteiger partial charge in [-0.1, -0.05) is 6.07 Å². The van der Waals surface area contributed by atoms with E-state index in [1.54, 1.807) is 13.2 Å². The van der Waals surface area contributed by atoms with E-state index in [0.29, 0.717) is 18.6 Å². The molecule has 0 aliphatic heterocycles. The van der Waals surface area contributed by atoms with Gasteiger partial charge in [0.2, 0.25) is 0 Å². The predicted octanol–water partition coefficient (Wildman–Crippen LogP) is 1.69. The molecule has 0 spiro atoms. The molecule has 20 heavy (non-hydrogen) atoms. The van der Waals surface area contributed by atoms with Gasteiger partial charge in [-0.15, -0.1) is 0 Å². The summed E-state index contributed by atoms with van der Waals surface area (Å²) in [7, 11) is 1.58. The molecule has 5 heteroatoms. The molecule has 2 rings (SSSR count). The van der Waals surface area contributed by atoms with E-state index in [0.717, 1.165) is 10.9 Å². The van der Waals surface area contributed by atoms with Gasteiger partial charge in [0.05, 0.1) is 12.1 Å². The van der Waals surface area contributed by atoms with Crippen LogP contribution in [0, 0.1) is 0 Å². The lowest BCUT2D eigenvalue weighted by Gasteiger charge is -2.29.